The first kappa shape index (κ1) is 22.3. The van der Waals surface area contributed by atoms with Crippen LogP contribution in [0.15, 0.2) is 91.4 Å². The zero-order valence-electron chi connectivity index (χ0n) is 19.9. The number of H-pyrrole nitrogens is 1. The van der Waals surface area contributed by atoms with Crippen molar-refractivity contribution >= 4 is 22.4 Å². The number of aromatic amines is 1. The van der Waals surface area contributed by atoms with Gasteiger partial charge in [-0.15, -0.1) is 0 Å². The molecule has 5 aromatic rings. The minimum Gasteiger partial charge on any atom is -0.457 e. The SMILES string of the molecule is CC(C)(C)c1cccc(NC(=O)c2ccc3ccc(Oc4ccnc(-c5ncc[nH]5)c4)cc3c2)c1. The number of amides is 1. The van der Waals surface area contributed by atoms with Crippen LogP contribution >= 0.6 is 0 Å². The molecule has 2 heterocycles. The smallest absolute Gasteiger partial charge is 0.255 e. The van der Waals surface area contributed by atoms with E-state index in [9.17, 15) is 4.79 Å². The van der Waals surface area contributed by atoms with Gasteiger partial charge in [-0.05, 0) is 64.2 Å². The number of benzene rings is 3. The number of fused-ring (bicyclic) bond motifs is 1. The average Bonchev–Trinajstić information content (AvgIpc) is 3.39. The molecule has 2 N–H and O–H groups in total. The normalized spacial score (nSPS) is 11.4. The second-order valence-corrected chi connectivity index (χ2v) is 9.43. The summed E-state index contributed by atoms with van der Waals surface area (Å²) in [7, 11) is 0. The minimum absolute atomic E-state index is 0.00757. The van der Waals surface area contributed by atoms with Crippen LogP contribution in [0.5, 0.6) is 11.5 Å². The standard InChI is InChI=1S/C29H26N4O2/c1-29(2,3)22-5-4-6-23(17-22)33-28(34)20-8-7-19-9-10-24(16-21(19)15-20)35-25-11-12-30-26(18-25)27-31-13-14-32-27/h4-18H,1-3H3,(H,31,32)(H,33,34). The Morgan fingerprint density at radius 2 is 1.69 bits per heavy atom. The summed E-state index contributed by atoms with van der Waals surface area (Å²) in [5.41, 5.74) is 3.24. The van der Waals surface area contributed by atoms with E-state index in [1.807, 2.05) is 60.7 Å². The number of pyridine rings is 1. The van der Waals surface area contributed by atoms with Crippen molar-refractivity contribution in [3.63, 3.8) is 0 Å². The Hall–Kier alpha value is -4.45. The van der Waals surface area contributed by atoms with Gasteiger partial charge >= 0.3 is 0 Å². The van der Waals surface area contributed by atoms with Crippen LogP contribution < -0.4 is 10.1 Å². The number of imidazole rings is 1. The molecular weight excluding hydrogens is 436 g/mol. The van der Waals surface area contributed by atoms with Crippen molar-refractivity contribution < 1.29 is 9.53 Å². The molecule has 174 valence electrons. The first-order valence-corrected chi connectivity index (χ1v) is 11.4. The van der Waals surface area contributed by atoms with E-state index in [0.29, 0.717) is 28.6 Å². The van der Waals surface area contributed by atoms with E-state index >= 15 is 0 Å². The van der Waals surface area contributed by atoms with Crippen molar-refractivity contribution in [2.45, 2.75) is 26.2 Å². The quantitative estimate of drug-likeness (QED) is 0.296. The predicted octanol–water partition coefficient (Wildman–Crippen LogP) is 6.97. The number of nitrogens with one attached hydrogen (secondary N) is 2. The summed E-state index contributed by atoms with van der Waals surface area (Å²) in [5, 5.41) is 4.96. The van der Waals surface area contributed by atoms with Crippen LogP contribution in [0.4, 0.5) is 5.69 Å². The lowest BCUT2D eigenvalue weighted by atomic mass is 9.87. The summed E-state index contributed by atoms with van der Waals surface area (Å²) in [6, 6.07) is 23.1. The third kappa shape index (κ3) is 5.06. The molecule has 35 heavy (non-hydrogen) atoms. The molecule has 0 saturated heterocycles. The second kappa shape index (κ2) is 9.06. The molecule has 5 rings (SSSR count). The highest BCUT2D eigenvalue weighted by molar-refractivity contribution is 6.06. The lowest BCUT2D eigenvalue weighted by Crippen LogP contribution is -2.14. The number of carbonyl (C=O) groups is 1. The summed E-state index contributed by atoms with van der Waals surface area (Å²) in [4.78, 5) is 24.6. The molecule has 0 unspecified atom stereocenters. The van der Waals surface area contributed by atoms with Gasteiger partial charge in [-0.3, -0.25) is 9.78 Å². The Balaban J connectivity index is 1.37. The molecule has 6 nitrogen and oxygen atoms in total. The number of carbonyl (C=O) groups excluding carboxylic acids is 1. The molecule has 0 fully saturated rings. The van der Waals surface area contributed by atoms with Crippen molar-refractivity contribution in [3.8, 4) is 23.0 Å². The van der Waals surface area contributed by atoms with Gasteiger partial charge in [0, 0.05) is 35.9 Å². The summed E-state index contributed by atoms with van der Waals surface area (Å²) < 4.78 is 6.08. The van der Waals surface area contributed by atoms with E-state index in [-0.39, 0.29) is 11.3 Å². The highest BCUT2D eigenvalue weighted by atomic mass is 16.5. The Morgan fingerprint density at radius 1 is 0.857 bits per heavy atom. The predicted molar refractivity (Wildman–Crippen MR) is 139 cm³/mol. The molecule has 0 spiro atoms. The van der Waals surface area contributed by atoms with E-state index in [1.165, 1.54) is 5.56 Å². The van der Waals surface area contributed by atoms with Crippen LogP contribution in [-0.2, 0) is 5.41 Å². The maximum Gasteiger partial charge on any atom is 0.255 e. The van der Waals surface area contributed by atoms with Crippen LogP contribution in [0.3, 0.4) is 0 Å². The van der Waals surface area contributed by atoms with E-state index in [2.05, 4.69) is 47.1 Å². The molecule has 0 radical (unpaired) electrons. The fourth-order valence-corrected chi connectivity index (χ4v) is 3.84. The number of nitrogens with zero attached hydrogens (tertiary/aromatic N) is 2. The first-order chi connectivity index (χ1) is 16.8. The van der Waals surface area contributed by atoms with Gasteiger partial charge in [0.15, 0.2) is 5.82 Å². The van der Waals surface area contributed by atoms with Crippen LogP contribution in [-0.4, -0.2) is 20.9 Å². The Kier molecular flexibility index (Phi) is 5.79. The van der Waals surface area contributed by atoms with E-state index in [0.717, 1.165) is 16.5 Å². The molecule has 0 aliphatic rings. The van der Waals surface area contributed by atoms with Crippen LogP contribution in [0, 0.1) is 0 Å². The lowest BCUT2D eigenvalue weighted by molar-refractivity contribution is 0.102. The molecular formula is C29H26N4O2. The summed E-state index contributed by atoms with van der Waals surface area (Å²) >= 11 is 0. The number of anilines is 1. The van der Waals surface area contributed by atoms with E-state index in [1.54, 1.807) is 24.7 Å². The summed E-state index contributed by atoms with van der Waals surface area (Å²) in [6.45, 7) is 6.46. The Bertz CT molecular complexity index is 1500. The van der Waals surface area contributed by atoms with Crippen molar-refractivity contribution in [2.24, 2.45) is 0 Å². The topological polar surface area (TPSA) is 79.9 Å². The van der Waals surface area contributed by atoms with Gasteiger partial charge in [-0.1, -0.05) is 45.0 Å². The largest absolute Gasteiger partial charge is 0.457 e. The minimum atomic E-state index is -0.151. The maximum absolute atomic E-state index is 13.0. The molecule has 0 aliphatic carbocycles. The molecule has 0 bridgehead atoms. The number of ether oxygens (including phenoxy) is 1. The Morgan fingerprint density at radius 3 is 2.49 bits per heavy atom. The van der Waals surface area contributed by atoms with Crippen LogP contribution in [0.25, 0.3) is 22.3 Å². The molecule has 6 heteroatoms. The monoisotopic (exact) mass is 462 g/mol. The maximum atomic E-state index is 13.0. The summed E-state index contributed by atoms with van der Waals surface area (Å²) in [6.07, 6.45) is 5.12. The van der Waals surface area contributed by atoms with Gasteiger partial charge in [-0.25, -0.2) is 4.98 Å². The summed E-state index contributed by atoms with van der Waals surface area (Å²) in [5.74, 6) is 1.85. The Labute approximate surface area is 204 Å². The van der Waals surface area contributed by atoms with Crippen LogP contribution in [0.1, 0.15) is 36.7 Å². The van der Waals surface area contributed by atoms with Gasteiger partial charge in [0.2, 0.25) is 0 Å². The van der Waals surface area contributed by atoms with E-state index < -0.39 is 0 Å². The third-order valence-corrected chi connectivity index (χ3v) is 5.77. The number of hydrogen-bond acceptors (Lipinski definition) is 4. The average molecular weight is 463 g/mol. The second-order valence-electron chi connectivity index (χ2n) is 9.43. The van der Waals surface area contributed by atoms with Gasteiger partial charge in [-0.2, -0.15) is 0 Å². The number of aromatic nitrogens is 3. The zero-order valence-corrected chi connectivity index (χ0v) is 19.9. The van der Waals surface area contributed by atoms with Gasteiger partial charge in [0.05, 0.1) is 0 Å². The molecule has 1 amide bonds. The van der Waals surface area contributed by atoms with E-state index in [4.69, 9.17) is 4.74 Å². The van der Waals surface area contributed by atoms with Crippen molar-refractivity contribution in [1.82, 2.24) is 15.0 Å². The molecule has 0 atom stereocenters. The van der Waals surface area contributed by atoms with Crippen LogP contribution in [0.2, 0.25) is 0 Å². The van der Waals surface area contributed by atoms with Crippen molar-refractivity contribution in [1.29, 1.82) is 0 Å². The van der Waals surface area contributed by atoms with Gasteiger partial charge in [0.1, 0.15) is 17.2 Å². The molecule has 2 aromatic heterocycles. The van der Waals surface area contributed by atoms with Crippen molar-refractivity contribution in [2.75, 3.05) is 5.32 Å². The molecule has 0 saturated carbocycles. The first-order valence-electron chi connectivity index (χ1n) is 11.4. The fourth-order valence-electron chi connectivity index (χ4n) is 3.84. The molecule has 3 aromatic carbocycles. The lowest BCUT2D eigenvalue weighted by Gasteiger charge is -2.20. The highest BCUT2D eigenvalue weighted by Crippen LogP contribution is 2.29. The van der Waals surface area contributed by atoms with Gasteiger partial charge in [0.25, 0.3) is 5.91 Å². The number of rotatable bonds is 5. The fraction of sp³-hybridized carbons (Fsp3) is 0.138. The third-order valence-electron chi connectivity index (χ3n) is 5.77. The number of hydrogen-bond donors (Lipinski definition) is 2. The highest BCUT2D eigenvalue weighted by Gasteiger charge is 2.15. The van der Waals surface area contributed by atoms with Gasteiger partial charge < -0.3 is 15.0 Å². The zero-order chi connectivity index (χ0) is 24.4. The van der Waals surface area contributed by atoms with Crippen molar-refractivity contribution in [3.05, 3.63) is 103 Å². The molecule has 0 aliphatic heterocycles.